The van der Waals surface area contributed by atoms with E-state index in [9.17, 15) is 14.7 Å². The molecule has 3 aromatic carbocycles. The third-order valence-electron chi connectivity index (χ3n) is 5.67. The second-order valence-electron chi connectivity index (χ2n) is 7.62. The summed E-state index contributed by atoms with van der Waals surface area (Å²) in [7, 11) is 1.78. The molecule has 1 amide bonds. The summed E-state index contributed by atoms with van der Waals surface area (Å²) in [5, 5.41) is 15.5. The number of carbonyl (C=O) groups excluding carboxylic acids is 1. The van der Waals surface area contributed by atoms with E-state index in [0.717, 1.165) is 5.69 Å². The highest BCUT2D eigenvalue weighted by molar-refractivity contribution is 5.91. The topological polar surface area (TPSA) is 88.6 Å². The fraction of sp³-hybridized carbons (Fsp3) is 0.115. The molecule has 0 atom stereocenters. The van der Waals surface area contributed by atoms with Crippen LogP contribution in [0.2, 0.25) is 0 Å². The molecule has 0 aliphatic heterocycles. The van der Waals surface area contributed by atoms with Gasteiger partial charge in [0.2, 0.25) is 0 Å². The van der Waals surface area contributed by atoms with Crippen molar-refractivity contribution in [1.82, 2.24) is 14.8 Å². The predicted octanol–water partition coefficient (Wildman–Crippen LogP) is 2.87. The van der Waals surface area contributed by atoms with Gasteiger partial charge in [-0.15, -0.1) is 0 Å². The van der Waals surface area contributed by atoms with E-state index in [4.69, 9.17) is 0 Å². The fourth-order valence-corrected chi connectivity index (χ4v) is 3.76. The van der Waals surface area contributed by atoms with E-state index < -0.39 is 11.5 Å². The molecule has 1 aromatic heterocycles. The number of nitrogens with zero attached hydrogens (tertiary/aromatic N) is 3. The van der Waals surface area contributed by atoms with Crippen molar-refractivity contribution < 1.29 is 9.90 Å². The van der Waals surface area contributed by atoms with Gasteiger partial charge in [-0.25, -0.2) is 10.1 Å². The number of rotatable bonds is 6. The van der Waals surface area contributed by atoms with E-state index in [1.165, 1.54) is 10.9 Å². The Hall–Kier alpha value is -4.23. The molecule has 166 valence electrons. The van der Waals surface area contributed by atoms with Gasteiger partial charge in [0.05, 0.1) is 17.5 Å². The Labute approximate surface area is 191 Å². The summed E-state index contributed by atoms with van der Waals surface area (Å²) in [6.45, 7) is 1.80. The second-order valence-corrected chi connectivity index (χ2v) is 7.62. The molecule has 0 bridgehead atoms. The van der Waals surface area contributed by atoms with Gasteiger partial charge < -0.3 is 5.11 Å². The SMILES string of the molecule is Cc1c(/C=N/NC(=O)C(O)(c2ccccc2)c2ccccc2)c(=O)n(-c2ccccc2)n1C. The van der Waals surface area contributed by atoms with Crippen molar-refractivity contribution in [3.63, 3.8) is 0 Å². The van der Waals surface area contributed by atoms with Gasteiger partial charge in [-0.2, -0.15) is 5.10 Å². The number of carbonyl (C=O) groups is 1. The highest BCUT2D eigenvalue weighted by atomic mass is 16.3. The summed E-state index contributed by atoms with van der Waals surface area (Å²) < 4.78 is 3.26. The molecule has 0 saturated carbocycles. The number of aliphatic hydroxyl groups is 1. The van der Waals surface area contributed by atoms with Crippen molar-refractivity contribution in [3.8, 4) is 5.69 Å². The summed E-state index contributed by atoms with van der Waals surface area (Å²) in [5.41, 5.74) is 2.76. The highest BCUT2D eigenvalue weighted by Crippen LogP contribution is 2.29. The number of aromatic nitrogens is 2. The molecular formula is C26H24N4O3. The van der Waals surface area contributed by atoms with Gasteiger partial charge in [0.25, 0.3) is 11.5 Å². The van der Waals surface area contributed by atoms with Crippen molar-refractivity contribution in [2.75, 3.05) is 0 Å². The number of benzene rings is 3. The van der Waals surface area contributed by atoms with Crippen molar-refractivity contribution in [2.45, 2.75) is 12.5 Å². The number of hydrogen-bond acceptors (Lipinski definition) is 4. The van der Waals surface area contributed by atoms with E-state index in [1.807, 2.05) is 30.3 Å². The zero-order valence-electron chi connectivity index (χ0n) is 18.3. The molecule has 0 aliphatic rings. The number of nitrogens with one attached hydrogen (secondary N) is 1. The minimum Gasteiger partial charge on any atom is -0.372 e. The van der Waals surface area contributed by atoms with Crippen molar-refractivity contribution >= 4 is 12.1 Å². The number of amides is 1. The molecule has 2 N–H and O–H groups in total. The van der Waals surface area contributed by atoms with Gasteiger partial charge in [-0.05, 0) is 30.2 Å². The van der Waals surface area contributed by atoms with Gasteiger partial charge >= 0.3 is 0 Å². The molecule has 0 spiro atoms. The molecule has 1 heterocycles. The Kier molecular flexibility index (Phi) is 6.06. The van der Waals surface area contributed by atoms with Gasteiger partial charge in [0, 0.05) is 12.7 Å². The van der Waals surface area contributed by atoms with E-state index in [-0.39, 0.29) is 5.56 Å². The average molecular weight is 441 g/mol. The van der Waals surface area contributed by atoms with Crippen LogP contribution in [-0.2, 0) is 17.4 Å². The number of para-hydroxylation sites is 1. The summed E-state index contributed by atoms with van der Waals surface area (Å²) in [4.78, 5) is 26.2. The molecule has 0 aliphatic carbocycles. The lowest BCUT2D eigenvalue weighted by molar-refractivity contribution is -0.136. The van der Waals surface area contributed by atoms with Crippen LogP contribution in [-0.4, -0.2) is 26.6 Å². The van der Waals surface area contributed by atoms with E-state index in [0.29, 0.717) is 22.4 Å². The van der Waals surface area contributed by atoms with Crippen LogP contribution >= 0.6 is 0 Å². The Bertz CT molecular complexity index is 1300. The average Bonchev–Trinajstić information content (AvgIpc) is 3.08. The first-order valence-corrected chi connectivity index (χ1v) is 10.5. The zero-order valence-corrected chi connectivity index (χ0v) is 18.3. The molecule has 7 heteroatoms. The first-order chi connectivity index (χ1) is 15.9. The minimum absolute atomic E-state index is 0.263. The molecular weight excluding hydrogens is 416 g/mol. The Morgan fingerprint density at radius 2 is 1.39 bits per heavy atom. The van der Waals surface area contributed by atoms with Crippen LogP contribution in [0.5, 0.6) is 0 Å². The third-order valence-corrected chi connectivity index (χ3v) is 5.67. The predicted molar refractivity (Wildman–Crippen MR) is 127 cm³/mol. The second kappa shape index (κ2) is 9.10. The quantitative estimate of drug-likeness (QED) is 0.357. The van der Waals surface area contributed by atoms with Crippen molar-refractivity contribution in [1.29, 1.82) is 0 Å². The molecule has 0 fully saturated rings. The molecule has 0 saturated heterocycles. The number of hydrogen-bond donors (Lipinski definition) is 2. The van der Waals surface area contributed by atoms with Crippen LogP contribution in [0.25, 0.3) is 5.69 Å². The highest BCUT2D eigenvalue weighted by Gasteiger charge is 2.39. The lowest BCUT2D eigenvalue weighted by Gasteiger charge is -2.27. The number of hydrazone groups is 1. The molecule has 0 unspecified atom stereocenters. The normalized spacial score (nSPS) is 11.6. The van der Waals surface area contributed by atoms with Crippen LogP contribution < -0.4 is 11.0 Å². The smallest absolute Gasteiger partial charge is 0.281 e. The maximum Gasteiger partial charge on any atom is 0.281 e. The first-order valence-electron chi connectivity index (χ1n) is 10.5. The van der Waals surface area contributed by atoms with Crippen LogP contribution in [0.4, 0.5) is 0 Å². The van der Waals surface area contributed by atoms with Crippen LogP contribution in [0.15, 0.2) is 101 Å². The van der Waals surface area contributed by atoms with Gasteiger partial charge in [-0.3, -0.25) is 14.3 Å². The lowest BCUT2D eigenvalue weighted by atomic mass is 9.85. The maximum absolute atomic E-state index is 13.2. The molecule has 4 aromatic rings. The monoisotopic (exact) mass is 440 g/mol. The van der Waals surface area contributed by atoms with Crippen LogP contribution in [0, 0.1) is 6.92 Å². The minimum atomic E-state index is -1.95. The Morgan fingerprint density at radius 1 is 0.909 bits per heavy atom. The third kappa shape index (κ3) is 4.02. The van der Waals surface area contributed by atoms with Crippen molar-refractivity contribution in [3.05, 3.63) is 124 Å². The largest absolute Gasteiger partial charge is 0.372 e. The Balaban J connectivity index is 1.66. The molecule has 0 radical (unpaired) electrons. The Morgan fingerprint density at radius 3 is 1.91 bits per heavy atom. The summed E-state index contributed by atoms with van der Waals surface area (Å²) in [6.07, 6.45) is 1.31. The zero-order chi connectivity index (χ0) is 23.4. The summed E-state index contributed by atoms with van der Waals surface area (Å²) in [6, 6.07) is 26.6. The summed E-state index contributed by atoms with van der Waals surface area (Å²) in [5.74, 6) is -0.729. The molecule has 4 rings (SSSR count). The maximum atomic E-state index is 13.2. The van der Waals surface area contributed by atoms with Crippen LogP contribution in [0.3, 0.4) is 0 Å². The first kappa shape index (κ1) is 22.0. The molecule has 7 nitrogen and oxygen atoms in total. The van der Waals surface area contributed by atoms with Gasteiger partial charge in [0.1, 0.15) is 0 Å². The van der Waals surface area contributed by atoms with Gasteiger partial charge in [-0.1, -0.05) is 78.9 Å². The standard InChI is InChI=1S/C26H24N4O3/c1-19-23(24(31)30(29(19)2)22-16-10-5-11-17-22)18-27-28-25(32)26(33,20-12-6-3-7-13-20)21-14-8-4-9-15-21/h3-18,33H,1-2H3,(H,28,32)/b27-18+. The molecule has 33 heavy (non-hydrogen) atoms. The van der Waals surface area contributed by atoms with Crippen molar-refractivity contribution in [2.24, 2.45) is 12.1 Å². The van der Waals surface area contributed by atoms with E-state index in [2.05, 4.69) is 10.5 Å². The lowest BCUT2D eigenvalue weighted by Crippen LogP contribution is -2.43. The van der Waals surface area contributed by atoms with E-state index >= 15 is 0 Å². The fourth-order valence-electron chi connectivity index (χ4n) is 3.76. The van der Waals surface area contributed by atoms with Crippen LogP contribution in [0.1, 0.15) is 22.4 Å². The van der Waals surface area contributed by atoms with Gasteiger partial charge in [0.15, 0.2) is 5.60 Å². The van der Waals surface area contributed by atoms with E-state index in [1.54, 1.807) is 79.3 Å². The summed E-state index contributed by atoms with van der Waals surface area (Å²) >= 11 is 0.